The first-order valence-electron chi connectivity index (χ1n) is 5.10. The number of aryl methyl sites for hydroxylation is 1. The highest BCUT2D eigenvalue weighted by Gasteiger charge is 2.25. The largest absolute Gasteiger partial charge is 0.340 e. The molecule has 78 valence electrons. The first-order valence-corrected chi connectivity index (χ1v) is 5.10. The number of hydrogen-bond acceptors (Lipinski definition) is 2. The number of alkyl halides is 1. The van der Waals surface area contributed by atoms with E-state index in [1.807, 2.05) is 7.05 Å². The molecule has 2 unspecified atom stereocenters. The lowest BCUT2D eigenvalue weighted by atomic mass is 9.93. The number of rotatable bonds is 2. The Balaban J connectivity index is 2.03. The Morgan fingerprint density at radius 3 is 3.14 bits per heavy atom. The Morgan fingerprint density at radius 2 is 2.57 bits per heavy atom. The molecule has 2 heterocycles. The van der Waals surface area contributed by atoms with Crippen molar-refractivity contribution in [1.82, 2.24) is 14.9 Å². The molecule has 14 heavy (non-hydrogen) atoms. The summed E-state index contributed by atoms with van der Waals surface area (Å²) >= 11 is 0. The summed E-state index contributed by atoms with van der Waals surface area (Å²) in [5, 5.41) is 3.22. The minimum absolute atomic E-state index is 0.0960. The highest BCUT2D eigenvalue weighted by molar-refractivity contribution is 5.03. The molecule has 1 fully saturated rings. The van der Waals surface area contributed by atoms with Crippen molar-refractivity contribution in [1.29, 1.82) is 0 Å². The molecule has 0 saturated carbocycles. The van der Waals surface area contributed by atoms with Crippen LogP contribution in [0.25, 0.3) is 0 Å². The van der Waals surface area contributed by atoms with Crippen molar-refractivity contribution in [3.05, 3.63) is 18.2 Å². The van der Waals surface area contributed by atoms with Gasteiger partial charge in [0.1, 0.15) is 6.17 Å². The van der Waals surface area contributed by atoms with Gasteiger partial charge in [-0.1, -0.05) is 0 Å². The van der Waals surface area contributed by atoms with Gasteiger partial charge in [0.25, 0.3) is 0 Å². The van der Waals surface area contributed by atoms with Crippen molar-refractivity contribution in [3.63, 3.8) is 0 Å². The molecule has 0 radical (unpaired) electrons. The van der Waals surface area contributed by atoms with Gasteiger partial charge in [0.05, 0.1) is 12.0 Å². The maximum Gasteiger partial charge on any atom is 0.147 e. The van der Waals surface area contributed by atoms with Crippen molar-refractivity contribution in [3.8, 4) is 0 Å². The molecule has 0 spiro atoms. The van der Waals surface area contributed by atoms with Crippen LogP contribution in [-0.4, -0.2) is 22.6 Å². The first kappa shape index (κ1) is 9.65. The van der Waals surface area contributed by atoms with Crippen LogP contribution in [0.5, 0.6) is 0 Å². The first-order chi connectivity index (χ1) is 6.77. The molecule has 0 aromatic carbocycles. The molecule has 2 atom stereocenters. The highest BCUT2D eigenvalue weighted by atomic mass is 19.1. The quantitative estimate of drug-likeness (QED) is 0.777. The van der Waals surface area contributed by atoms with Gasteiger partial charge >= 0.3 is 0 Å². The zero-order chi connectivity index (χ0) is 9.97. The minimum Gasteiger partial charge on any atom is -0.340 e. The van der Waals surface area contributed by atoms with Crippen molar-refractivity contribution in [2.45, 2.75) is 19.0 Å². The monoisotopic (exact) mass is 197 g/mol. The van der Waals surface area contributed by atoms with E-state index in [1.54, 1.807) is 17.1 Å². The third-order valence-corrected chi connectivity index (χ3v) is 2.76. The third-order valence-electron chi connectivity index (χ3n) is 2.76. The Morgan fingerprint density at radius 1 is 1.71 bits per heavy atom. The molecular formula is C10H16FN3. The van der Waals surface area contributed by atoms with Gasteiger partial charge < -0.3 is 9.88 Å². The minimum atomic E-state index is -0.913. The zero-order valence-corrected chi connectivity index (χ0v) is 8.41. The smallest absolute Gasteiger partial charge is 0.147 e. The van der Waals surface area contributed by atoms with Gasteiger partial charge in [0, 0.05) is 25.7 Å². The zero-order valence-electron chi connectivity index (χ0n) is 8.41. The summed E-state index contributed by atoms with van der Waals surface area (Å²) in [4.78, 5) is 4.05. The molecule has 0 aliphatic carbocycles. The molecule has 3 nitrogen and oxygen atoms in total. The maximum absolute atomic E-state index is 13.9. The number of hydrogen-bond donors (Lipinski definition) is 1. The van der Waals surface area contributed by atoms with Crippen molar-refractivity contribution in [2.75, 3.05) is 13.1 Å². The molecular weight excluding hydrogens is 181 g/mol. The van der Waals surface area contributed by atoms with Gasteiger partial charge in [-0.15, -0.1) is 0 Å². The summed E-state index contributed by atoms with van der Waals surface area (Å²) < 4.78 is 15.7. The lowest BCUT2D eigenvalue weighted by Crippen LogP contribution is -2.32. The summed E-state index contributed by atoms with van der Waals surface area (Å²) in [6.07, 6.45) is 4.53. The van der Waals surface area contributed by atoms with Crippen LogP contribution < -0.4 is 5.32 Å². The Kier molecular flexibility index (Phi) is 2.82. The molecule has 4 heteroatoms. The second kappa shape index (κ2) is 4.09. The van der Waals surface area contributed by atoms with E-state index in [0.717, 1.165) is 25.9 Å². The summed E-state index contributed by atoms with van der Waals surface area (Å²) in [6, 6.07) is 0. The van der Waals surface area contributed by atoms with E-state index >= 15 is 0 Å². The lowest BCUT2D eigenvalue weighted by molar-refractivity contribution is 0.190. The summed E-state index contributed by atoms with van der Waals surface area (Å²) in [5.41, 5.74) is 0.571. The molecule has 0 amide bonds. The molecule has 2 rings (SSSR count). The summed E-state index contributed by atoms with van der Waals surface area (Å²) in [5.74, 6) is 0.0960. The van der Waals surface area contributed by atoms with Gasteiger partial charge in [-0.2, -0.15) is 0 Å². The number of nitrogens with zero attached hydrogens (tertiary/aromatic N) is 2. The van der Waals surface area contributed by atoms with E-state index in [9.17, 15) is 4.39 Å². The Bertz CT molecular complexity index is 291. The average molecular weight is 197 g/mol. The van der Waals surface area contributed by atoms with Gasteiger partial charge in [-0.25, -0.2) is 9.37 Å². The van der Waals surface area contributed by atoms with Crippen LogP contribution in [0.1, 0.15) is 24.7 Å². The van der Waals surface area contributed by atoms with Crippen molar-refractivity contribution < 1.29 is 4.39 Å². The van der Waals surface area contributed by atoms with Crippen LogP contribution in [0.2, 0.25) is 0 Å². The standard InChI is InChI=1S/C10H16FN3/c1-14-6-9(13-7-14)10(11)8-3-2-4-12-5-8/h6-8,10,12H,2-5H2,1H3. The fraction of sp³-hybridized carbons (Fsp3) is 0.700. The normalized spacial score (nSPS) is 24.9. The number of nitrogens with one attached hydrogen (secondary N) is 1. The lowest BCUT2D eigenvalue weighted by Gasteiger charge is -2.24. The predicted octanol–water partition coefficient (Wildman–Crippen LogP) is 1.43. The van der Waals surface area contributed by atoms with Gasteiger partial charge in [-0.05, 0) is 19.4 Å². The molecule has 0 bridgehead atoms. The van der Waals surface area contributed by atoms with E-state index in [4.69, 9.17) is 0 Å². The Labute approximate surface area is 83.3 Å². The number of imidazole rings is 1. The number of halogens is 1. The van der Waals surface area contributed by atoms with Crippen LogP contribution in [0.15, 0.2) is 12.5 Å². The highest BCUT2D eigenvalue weighted by Crippen LogP contribution is 2.29. The van der Waals surface area contributed by atoms with E-state index < -0.39 is 6.17 Å². The number of aromatic nitrogens is 2. The Hall–Kier alpha value is -0.900. The third kappa shape index (κ3) is 1.95. The molecule has 1 N–H and O–H groups in total. The van der Waals surface area contributed by atoms with Crippen LogP contribution in [-0.2, 0) is 7.05 Å². The van der Waals surface area contributed by atoms with E-state index in [1.165, 1.54) is 0 Å². The summed E-state index contributed by atoms with van der Waals surface area (Å²) in [6.45, 7) is 1.79. The molecule has 1 aliphatic heterocycles. The fourth-order valence-corrected chi connectivity index (χ4v) is 1.95. The topological polar surface area (TPSA) is 29.9 Å². The summed E-state index contributed by atoms with van der Waals surface area (Å²) in [7, 11) is 1.86. The van der Waals surface area contributed by atoms with Crippen molar-refractivity contribution >= 4 is 0 Å². The van der Waals surface area contributed by atoms with Crippen LogP contribution in [0.3, 0.4) is 0 Å². The molecule has 1 aliphatic rings. The molecule has 1 aromatic rings. The van der Waals surface area contributed by atoms with Crippen LogP contribution in [0, 0.1) is 5.92 Å². The van der Waals surface area contributed by atoms with Crippen LogP contribution >= 0.6 is 0 Å². The van der Waals surface area contributed by atoms with Crippen molar-refractivity contribution in [2.24, 2.45) is 13.0 Å². The molecule has 1 aromatic heterocycles. The van der Waals surface area contributed by atoms with Crippen LogP contribution in [0.4, 0.5) is 4.39 Å². The van der Waals surface area contributed by atoms with Gasteiger partial charge in [0.15, 0.2) is 0 Å². The SMILES string of the molecule is Cn1cnc(C(F)C2CCCNC2)c1. The fourth-order valence-electron chi connectivity index (χ4n) is 1.95. The van der Waals surface area contributed by atoms with E-state index in [0.29, 0.717) is 5.69 Å². The molecule has 1 saturated heterocycles. The predicted molar refractivity (Wildman–Crippen MR) is 52.7 cm³/mol. The second-order valence-corrected chi connectivity index (χ2v) is 3.97. The van der Waals surface area contributed by atoms with Gasteiger partial charge in [0.2, 0.25) is 0 Å². The number of piperidine rings is 1. The van der Waals surface area contributed by atoms with E-state index in [2.05, 4.69) is 10.3 Å². The maximum atomic E-state index is 13.9. The van der Waals surface area contributed by atoms with E-state index in [-0.39, 0.29) is 5.92 Å². The second-order valence-electron chi connectivity index (χ2n) is 3.97. The average Bonchev–Trinajstić information content (AvgIpc) is 2.65. The van der Waals surface area contributed by atoms with Gasteiger partial charge in [-0.3, -0.25) is 0 Å².